The van der Waals surface area contributed by atoms with Crippen molar-refractivity contribution in [3.63, 3.8) is 0 Å². The lowest BCUT2D eigenvalue weighted by Crippen LogP contribution is -2.49. The number of thioether (sulfide) groups is 1. The Bertz CT molecular complexity index is 1640. The molecule has 0 spiro atoms. The first-order chi connectivity index (χ1) is 22.6. The van der Waals surface area contributed by atoms with Gasteiger partial charge in [-0.25, -0.2) is 4.98 Å². The van der Waals surface area contributed by atoms with Crippen molar-refractivity contribution in [2.75, 3.05) is 70.0 Å². The highest BCUT2D eigenvalue weighted by atomic mass is 32.2. The maximum absolute atomic E-state index is 13.8. The Balaban J connectivity index is 1.38. The van der Waals surface area contributed by atoms with E-state index in [0.717, 1.165) is 11.8 Å². The Morgan fingerprint density at radius 3 is 2.26 bits per heavy atom. The molecular weight excluding hydrogens is 624 g/mol. The number of likely N-dealkylation sites (tertiary alicyclic amines) is 1. The topological polar surface area (TPSA) is 144 Å². The highest BCUT2D eigenvalue weighted by molar-refractivity contribution is 8.13. The van der Waals surface area contributed by atoms with Crippen LogP contribution < -0.4 is 24.4 Å². The van der Waals surface area contributed by atoms with Crippen LogP contribution in [0.5, 0.6) is 17.2 Å². The summed E-state index contributed by atoms with van der Waals surface area (Å²) in [5.41, 5.74) is 1.12. The first-order valence-corrected chi connectivity index (χ1v) is 16.5. The van der Waals surface area contributed by atoms with E-state index >= 15 is 0 Å². The van der Waals surface area contributed by atoms with Gasteiger partial charge in [0.2, 0.25) is 17.8 Å². The number of rotatable bonds is 10. The molecule has 1 aromatic heterocycles. The summed E-state index contributed by atoms with van der Waals surface area (Å²) in [6.45, 7) is 5.59. The van der Waals surface area contributed by atoms with Crippen LogP contribution in [0.25, 0.3) is 10.9 Å². The van der Waals surface area contributed by atoms with Gasteiger partial charge in [0.05, 0.1) is 26.8 Å². The smallest absolute Gasteiger partial charge is 0.253 e. The highest BCUT2D eigenvalue weighted by Crippen LogP contribution is 2.36. The second-order valence-corrected chi connectivity index (χ2v) is 12.7. The number of anilines is 2. The third-order valence-electron chi connectivity index (χ3n) is 8.41. The summed E-state index contributed by atoms with van der Waals surface area (Å²) in [5.74, 6) is 1.67. The van der Waals surface area contributed by atoms with E-state index in [9.17, 15) is 19.2 Å². The van der Waals surface area contributed by atoms with E-state index in [2.05, 4.69) is 5.32 Å². The number of amides is 3. The zero-order valence-electron chi connectivity index (χ0n) is 27.3. The Kier molecular flexibility index (Phi) is 10.7. The molecule has 2 aliphatic rings. The van der Waals surface area contributed by atoms with Crippen LogP contribution in [0.1, 0.15) is 37.0 Å². The molecule has 14 heteroatoms. The van der Waals surface area contributed by atoms with E-state index in [-0.39, 0.29) is 28.7 Å². The average Bonchev–Trinajstić information content (AvgIpc) is 3.59. The first-order valence-electron chi connectivity index (χ1n) is 15.5. The van der Waals surface area contributed by atoms with Gasteiger partial charge in [0, 0.05) is 68.3 Å². The fourth-order valence-electron chi connectivity index (χ4n) is 5.81. The molecule has 2 fully saturated rings. The maximum Gasteiger partial charge on any atom is 0.253 e. The van der Waals surface area contributed by atoms with Crippen LogP contribution in [0.4, 0.5) is 11.8 Å². The SMILES string of the molecule is COc1ccc(C(=O)N2CCN(c3nc(NC(=O)[C@@H]4CCCN4C(=O)C(C)CSC(C)=O)c4cc(OC)c(OC)cc4n3)CC2)cc1. The predicted molar refractivity (Wildman–Crippen MR) is 179 cm³/mol. The first kappa shape index (κ1) is 33.8. The van der Waals surface area contributed by atoms with Crippen LogP contribution >= 0.6 is 11.8 Å². The Morgan fingerprint density at radius 1 is 0.936 bits per heavy atom. The van der Waals surface area contributed by atoms with E-state index in [1.807, 2.05) is 4.90 Å². The van der Waals surface area contributed by atoms with Gasteiger partial charge in [-0.1, -0.05) is 18.7 Å². The van der Waals surface area contributed by atoms with Crippen LogP contribution in [0.3, 0.4) is 0 Å². The van der Waals surface area contributed by atoms with Gasteiger partial charge in [-0.15, -0.1) is 0 Å². The minimum absolute atomic E-state index is 0.0517. The zero-order valence-corrected chi connectivity index (χ0v) is 28.1. The van der Waals surface area contributed by atoms with Gasteiger partial charge in [-0.05, 0) is 43.2 Å². The molecule has 0 saturated carbocycles. The molecule has 2 aliphatic heterocycles. The molecule has 1 N–H and O–H groups in total. The molecule has 5 rings (SSSR count). The number of methoxy groups -OCH3 is 3. The monoisotopic (exact) mass is 664 g/mol. The van der Waals surface area contributed by atoms with E-state index in [1.54, 1.807) is 60.2 Å². The van der Waals surface area contributed by atoms with E-state index in [0.29, 0.717) is 91.0 Å². The average molecular weight is 665 g/mol. The molecule has 13 nitrogen and oxygen atoms in total. The number of fused-ring (bicyclic) bond motifs is 1. The lowest BCUT2D eigenvalue weighted by Gasteiger charge is -2.35. The van der Waals surface area contributed by atoms with Crippen LogP contribution in [0, 0.1) is 5.92 Å². The molecule has 3 heterocycles. The van der Waals surface area contributed by atoms with E-state index in [4.69, 9.17) is 24.2 Å². The molecule has 0 aliphatic carbocycles. The van der Waals surface area contributed by atoms with Crippen molar-refractivity contribution in [1.29, 1.82) is 0 Å². The van der Waals surface area contributed by atoms with Gasteiger partial charge in [0.1, 0.15) is 17.6 Å². The Labute approximate surface area is 277 Å². The molecule has 47 heavy (non-hydrogen) atoms. The van der Waals surface area contributed by atoms with Gasteiger partial charge in [-0.3, -0.25) is 19.2 Å². The Hall–Kier alpha value is -4.59. The molecule has 1 unspecified atom stereocenters. The third kappa shape index (κ3) is 7.53. The fourth-order valence-corrected chi connectivity index (χ4v) is 6.43. The summed E-state index contributed by atoms with van der Waals surface area (Å²) in [6, 6.07) is 9.81. The normalized spacial score (nSPS) is 17.0. The molecule has 250 valence electrons. The van der Waals surface area contributed by atoms with Crippen LogP contribution in [-0.4, -0.2) is 108 Å². The maximum atomic E-state index is 13.8. The summed E-state index contributed by atoms with van der Waals surface area (Å²) >= 11 is 1.11. The molecule has 2 aromatic carbocycles. The number of nitrogens with zero attached hydrogens (tertiary/aromatic N) is 5. The second kappa shape index (κ2) is 14.9. The number of benzene rings is 2. The van der Waals surface area contributed by atoms with Gasteiger partial charge in [0.15, 0.2) is 16.6 Å². The van der Waals surface area contributed by atoms with E-state index in [1.165, 1.54) is 21.1 Å². The van der Waals surface area contributed by atoms with Crippen LogP contribution in [0.2, 0.25) is 0 Å². The third-order valence-corrected chi connectivity index (χ3v) is 9.49. The van der Waals surface area contributed by atoms with Gasteiger partial charge >= 0.3 is 0 Å². The van der Waals surface area contributed by atoms with E-state index < -0.39 is 12.0 Å². The summed E-state index contributed by atoms with van der Waals surface area (Å²) in [6.07, 6.45) is 1.21. The Morgan fingerprint density at radius 2 is 1.62 bits per heavy atom. The minimum Gasteiger partial charge on any atom is -0.497 e. The van der Waals surface area contributed by atoms with Crippen molar-refractivity contribution in [2.24, 2.45) is 5.92 Å². The van der Waals surface area contributed by atoms with Crippen molar-refractivity contribution in [1.82, 2.24) is 19.8 Å². The number of nitrogens with one attached hydrogen (secondary N) is 1. The number of hydrogen-bond acceptors (Lipinski definition) is 11. The summed E-state index contributed by atoms with van der Waals surface area (Å²) in [7, 11) is 4.64. The van der Waals surface area contributed by atoms with Gasteiger partial charge in [0.25, 0.3) is 5.91 Å². The van der Waals surface area contributed by atoms with Gasteiger partial charge in [-0.2, -0.15) is 4.98 Å². The number of ether oxygens (including phenoxy) is 3. The molecule has 0 radical (unpaired) electrons. The number of hydrogen-bond donors (Lipinski definition) is 1. The largest absolute Gasteiger partial charge is 0.497 e. The van der Waals surface area contributed by atoms with Crippen molar-refractivity contribution in [2.45, 2.75) is 32.7 Å². The second-order valence-electron chi connectivity index (χ2n) is 11.5. The molecule has 3 aromatic rings. The highest BCUT2D eigenvalue weighted by Gasteiger charge is 2.36. The fraction of sp³-hybridized carbons (Fsp3) is 0.455. The molecule has 0 bridgehead atoms. The van der Waals surface area contributed by atoms with Gasteiger partial charge < -0.3 is 34.2 Å². The molecule has 3 amide bonds. The number of carbonyl (C=O) groups excluding carboxylic acids is 4. The lowest BCUT2D eigenvalue weighted by atomic mass is 10.1. The molecule has 2 saturated heterocycles. The van der Waals surface area contributed by atoms with Crippen molar-refractivity contribution >= 4 is 57.3 Å². The standard InChI is InChI=1S/C33H40N6O7S/c1-20(19-47-21(2)40)31(42)39-12-6-7-26(39)30(41)35-29-24-17-27(45-4)28(46-5)18-25(24)34-33(36-29)38-15-13-37(14-16-38)32(43)22-8-10-23(44-3)11-9-22/h8-11,17-18,20,26H,6-7,12-16,19H2,1-5H3,(H,34,35,36,41)/t20?,26-/m0/s1. The molecule has 2 atom stereocenters. The van der Waals surface area contributed by atoms with Crippen molar-refractivity contribution in [3.8, 4) is 17.2 Å². The summed E-state index contributed by atoms with van der Waals surface area (Å²) in [4.78, 5) is 66.6. The van der Waals surface area contributed by atoms with Crippen LogP contribution in [0.15, 0.2) is 36.4 Å². The summed E-state index contributed by atoms with van der Waals surface area (Å²) in [5, 5.41) is 3.49. The minimum atomic E-state index is -0.673. The zero-order chi connectivity index (χ0) is 33.7. The summed E-state index contributed by atoms with van der Waals surface area (Å²) < 4.78 is 16.2. The van der Waals surface area contributed by atoms with Crippen LogP contribution in [-0.2, 0) is 14.4 Å². The van der Waals surface area contributed by atoms with Crippen molar-refractivity contribution < 1.29 is 33.4 Å². The predicted octanol–water partition coefficient (Wildman–Crippen LogP) is 3.46. The number of aromatic nitrogens is 2. The number of piperazine rings is 1. The van der Waals surface area contributed by atoms with Crippen molar-refractivity contribution in [3.05, 3.63) is 42.0 Å². The quantitative estimate of drug-likeness (QED) is 0.340. The molecular formula is C33H40N6O7S. The number of carbonyl (C=O) groups is 4. The lowest BCUT2D eigenvalue weighted by molar-refractivity contribution is -0.139.